The molecule has 1 fully saturated rings. The van der Waals surface area contributed by atoms with Gasteiger partial charge in [0.15, 0.2) is 0 Å². The van der Waals surface area contributed by atoms with Crippen molar-refractivity contribution in [2.75, 3.05) is 26.2 Å². The first-order valence-electron chi connectivity index (χ1n) is 7.22. The van der Waals surface area contributed by atoms with Gasteiger partial charge >= 0.3 is 0 Å². The topological polar surface area (TPSA) is 15.3 Å². The highest BCUT2D eigenvalue weighted by molar-refractivity contribution is 4.78. The molecule has 0 radical (unpaired) electrons. The summed E-state index contributed by atoms with van der Waals surface area (Å²) < 4.78 is 0. The maximum atomic E-state index is 3.66. The molecule has 2 nitrogen and oxygen atoms in total. The molecule has 0 saturated carbocycles. The van der Waals surface area contributed by atoms with Crippen LogP contribution >= 0.6 is 0 Å². The van der Waals surface area contributed by atoms with Gasteiger partial charge in [0.25, 0.3) is 0 Å². The van der Waals surface area contributed by atoms with Gasteiger partial charge < -0.3 is 10.2 Å². The van der Waals surface area contributed by atoms with Crippen molar-refractivity contribution in [3.8, 4) is 0 Å². The number of hydrogen-bond acceptors (Lipinski definition) is 2. The Kier molecular flexibility index (Phi) is 7.06. The molecule has 0 spiro atoms. The second-order valence-electron chi connectivity index (χ2n) is 5.45. The van der Waals surface area contributed by atoms with Crippen LogP contribution in [0.25, 0.3) is 0 Å². The summed E-state index contributed by atoms with van der Waals surface area (Å²) in [4.78, 5) is 2.66. The van der Waals surface area contributed by atoms with E-state index >= 15 is 0 Å². The van der Waals surface area contributed by atoms with Crippen molar-refractivity contribution in [2.24, 2.45) is 5.92 Å². The van der Waals surface area contributed by atoms with Crippen LogP contribution in [0.2, 0.25) is 0 Å². The highest BCUT2D eigenvalue weighted by Gasteiger charge is 2.20. The molecule has 1 aliphatic rings. The van der Waals surface area contributed by atoms with Gasteiger partial charge in [-0.05, 0) is 44.7 Å². The Hall–Kier alpha value is -0.0800. The number of hydrogen-bond donors (Lipinski definition) is 1. The maximum absolute atomic E-state index is 3.66. The molecule has 1 N–H and O–H groups in total. The van der Waals surface area contributed by atoms with E-state index in [1.165, 1.54) is 58.3 Å². The van der Waals surface area contributed by atoms with E-state index in [0.29, 0.717) is 0 Å². The molecule has 1 saturated heterocycles. The van der Waals surface area contributed by atoms with Gasteiger partial charge in [-0.3, -0.25) is 0 Å². The predicted octanol–water partition coefficient (Wildman–Crippen LogP) is 2.89. The van der Waals surface area contributed by atoms with Crippen molar-refractivity contribution >= 4 is 0 Å². The second kappa shape index (κ2) is 8.08. The summed E-state index contributed by atoms with van der Waals surface area (Å²) in [6.45, 7) is 12.0. The van der Waals surface area contributed by atoms with Crippen molar-refractivity contribution in [3.63, 3.8) is 0 Å². The minimum atomic E-state index is 0.752. The molecule has 0 aromatic rings. The lowest BCUT2D eigenvalue weighted by Gasteiger charge is -2.34. The Morgan fingerprint density at radius 2 is 2.12 bits per heavy atom. The first kappa shape index (κ1) is 14.0. The van der Waals surface area contributed by atoms with Gasteiger partial charge in [-0.25, -0.2) is 0 Å². The average Bonchev–Trinajstić information content (AvgIpc) is 2.27. The fourth-order valence-electron chi connectivity index (χ4n) is 2.76. The standard InChI is InChI=1S/C14H30N2/c1-4-7-13(3)11-16-10-6-8-14(12-16)15-9-5-2/h13-15H,4-12H2,1-3H3. The van der Waals surface area contributed by atoms with Crippen LogP contribution in [0, 0.1) is 5.92 Å². The summed E-state index contributed by atoms with van der Waals surface area (Å²) in [7, 11) is 0. The Morgan fingerprint density at radius 3 is 2.81 bits per heavy atom. The van der Waals surface area contributed by atoms with Crippen molar-refractivity contribution in [3.05, 3.63) is 0 Å². The van der Waals surface area contributed by atoms with Crippen molar-refractivity contribution < 1.29 is 0 Å². The molecule has 16 heavy (non-hydrogen) atoms. The van der Waals surface area contributed by atoms with Crippen LogP contribution < -0.4 is 5.32 Å². The molecule has 0 aliphatic carbocycles. The maximum Gasteiger partial charge on any atom is 0.0195 e. The van der Waals surface area contributed by atoms with E-state index in [-0.39, 0.29) is 0 Å². The SMILES string of the molecule is CCCNC1CCCN(CC(C)CCC)C1. The summed E-state index contributed by atoms with van der Waals surface area (Å²) in [6.07, 6.45) is 6.71. The van der Waals surface area contributed by atoms with Gasteiger partial charge in [0.2, 0.25) is 0 Å². The van der Waals surface area contributed by atoms with E-state index < -0.39 is 0 Å². The molecule has 0 amide bonds. The Bertz CT molecular complexity index is 170. The van der Waals surface area contributed by atoms with Crippen LogP contribution in [-0.4, -0.2) is 37.1 Å². The third kappa shape index (κ3) is 5.31. The predicted molar refractivity (Wildman–Crippen MR) is 71.8 cm³/mol. The third-order valence-corrected chi connectivity index (χ3v) is 3.54. The Balaban J connectivity index is 2.21. The molecule has 0 aromatic carbocycles. The van der Waals surface area contributed by atoms with Crippen LogP contribution in [0.4, 0.5) is 0 Å². The summed E-state index contributed by atoms with van der Waals surface area (Å²) in [5, 5.41) is 3.66. The number of likely N-dealkylation sites (tertiary alicyclic amines) is 1. The number of piperidine rings is 1. The molecule has 2 atom stereocenters. The van der Waals surface area contributed by atoms with Crippen LogP contribution in [-0.2, 0) is 0 Å². The first-order valence-corrected chi connectivity index (χ1v) is 7.22. The number of nitrogens with one attached hydrogen (secondary N) is 1. The van der Waals surface area contributed by atoms with Crippen molar-refractivity contribution in [2.45, 2.75) is 58.9 Å². The van der Waals surface area contributed by atoms with Crippen LogP contribution in [0.5, 0.6) is 0 Å². The minimum Gasteiger partial charge on any atom is -0.313 e. The molecule has 1 aliphatic heterocycles. The first-order chi connectivity index (χ1) is 7.76. The van der Waals surface area contributed by atoms with E-state index in [2.05, 4.69) is 31.0 Å². The third-order valence-electron chi connectivity index (χ3n) is 3.54. The highest BCUT2D eigenvalue weighted by Crippen LogP contribution is 2.14. The summed E-state index contributed by atoms with van der Waals surface area (Å²) >= 11 is 0. The fourth-order valence-corrected chi connectivity index (χ4v) is 2.76. The molecule has 2 unspecified atom stereocenters. The van der Waals surface area contributed by atoms with E-state index in [0.717, 1.165) is 12.0 Å². The molecular weight excluding hydrogens is 196 g/mol. The fraction of sp³-hybridized carbons (Fsp3) is 1.00. The van der Waals surface area contributed by atoms with Crippen LogP contribution in [0.15, 0.2) is 0 Å². The zero-order chi connectivity index (χ0) is 11.8. The van der Waals surface area contributed by atoms with E-state index in [1.54, 1.807) is 0 Å². The molecular formula is C14H30N2. The van der Waals surface area contributed by atoms with Gasteiger partial charge in [0.1, 0.15) is 0 Å². The smallest absolute Gasteiger partial charge is 0.0195 e. The van der Waals surface area contributed by atoms with Crippen molar-refractivity contribution in [1.29, 1.82) is 0 Å². The van der Waals surface area contributed by atoms with E-state index in [4.69, 9.17) is 0 Å². The summed E-state index contributed by atoms with van der Waals surface area (Å²) in [5.41, 5.74) is 0. The lowest BCUT2D eigenvalue weighted by atomic mass is 10.0. The van der Waals surface area contributed by atoms with E-state index in [9.17, 15) is 0 Å². The van der Waals surface area contributed by atoms with Crippen LogP contribution in [0.3, 0.4) is 0 Å². The second-order valence-corrected chi connectivity index (χ2v) is 5.45. The Labute approximate surface area is 102 Å². The zero-order valence-corrected chi connectivity index (χ0v) is 11.5. The quantitative estimate of drug-likeness (QED) is 0.718. The highest BCUT2D eigenvalue weighted by atomic mass is 15.2. The molecule has 2 heteroatoms. The number of nitrogens with zero attached hydrogens (tertiary/aromatic N) is 1. The molecule has 0 bridgehead atoms. The molecule has 0 aromatic heterocycles. The number of rotatable bonds is 7. The van der Waals surface area contributed by atoms with Gasteiger partial charge in [-0.1, -0.05) is 27.2 Å². The summed E-state index contributed by atoms with van der Waals surface area (Å²) in [6, 6.07) is 0.752. The lowest BCUT2D eigenvalue weighted by molar-refractivity contribution is 0.166. The zero-order valence-electron chi connectivity index (χ0n) is 11.5. The average molecular weight is 226 g/mol. The molecule has 1 rings (SSSR count). The van der Waals surface area contributed by atoms with Gasteiger partial charge in [-0.15, -0.1) is 0 Å². The Morgan fingerprint density at radius 1 is 1.31 bits per heavy atom. The largest absolute Gasteiger partial charge is 0.313 e. The van der Waals surface area contributed by atoms with Gasteiger partial charge in [-0.2, -0.15) is 0 Å². The monoisotopic (exact) mass is 226 g/mol. The normalized spacial score (nSPS) is 24.6. The molecule has 1 heterocycles. The van der Waals surface area contributed by atoms with Crippen LogP contribution in [0.1, 0.15) is 52.9 Å². The van der Waals surface area contributed by atoms with E-state index in [1.807, 2.05) is 0 Å². The van der Waals surface area contributed by atoms with Gasteiger partial charge in [0.05, 0.1) is 0 Å². The summed E-state index contributed by atoms with van der Waals surface area (Å²) in [5.74, 6) is 0.870. The van der Waals surface area contributed by atoms with Gasteiger partial charge in [0, 0.05) is 19.1 Å². The van der Waals surface area contributed by atoms with Crippen molar-refractivity contribution in [1.82, 2.24) is 10.2 Å². The molecule has 96 valence electrons. The minimum absolute atomic E-state index is 0.752. The lowest BCUT2D eigenvalue weighted by Crippen LogP contribution is -2.47.